The third-order valence-electron chi connectivity index (χ3n) is 3.57. The quantitative estimate of drug-likeness (QED) is 0.852. The second kappa shape index (κ2) is 5.31. The van der Waals surface area contributed by atoms with E-state index in [2.05, 4.69) is 29.8 Å². The Kier molecular flexibility index (Phi) is 3.95. The summed E-state index contributed by atoms with van der Waals surface area (Å²) in [4.78, 5) is 14.5. The van der Waals surface area contributed by atoms with E-state index in [0.29, 0.717) is 23.2 Å². The second-order valence-electron chi connectivity index (χ2n) is 5.18. The van der Waals surface area contributed by atoms with Crippen LogP contribution in [0.4, 0.5) is 5.69 Å². The summed E-state index contributed by atoms with van der Waals surface area (Å²) in [7, 11) is 0. The minimum absolute atomic E-state index is 0.0659. The number of hydrogen-bond acceptors (Lipinski definition) is 2. The molecule has 1 atom stereocenters. The molecule has 3 nitrogen and oxygen atoms in total. The zero-order chi connectivity index (χ0) is 13.3. The van der Waals surface area contributed by atoms with Gasteiger partial charge in [0.2, 0.25) is 0 Å². The van der Waals surface area contributed by atoms with Crippen LogP contribution in [0, 0.1) is 5.92 Å². The Hall–Kier alpha value is -1.03. The molecule has 0 bridgehead atoms. The molecule has 0 spiro atoms. The molecule has 0 aromatic heterocycles. The third-order valence-corrected chi connectivity index (χ3v) is 4.07. The van der Waals surface area contributed by atoms with Crippen molar-refractivity contribution in [2.75, 3.05) is 12.3 Å². The van der Waals surface area contributed by atoms with Crippen molar-refractivity contribution in [3.8, 4) is 0 Å². The van der Waals surface area contributed by atoms with E-state index in [1.165, 1.54) is 0 Å². The van der Waals surface area contributed by atoms with Crippen molar-refractivity contribution in [3.63, 3.8) is 0 Å². The molecule has 1 unspecified atom stereocenters. The number of carbonyl (C=O) groups excluding carboxylic acids is 1. The maximum Gasteiger partial charge on any atom is 0.256 e. The lowest BCUT2D eigenvalue weighted by atomic mass is 10.0. The van der Waals surface area contributed by atoms with Gasteiger partial charge in [0.25, 0.3) is 5.91 Å². The summed E-state index contributed by atoms with van der Waals surface area (Å²) in [6, 6.07) is 5.80. The highest BCUT2D eigenvalue weighted by molar-refractivity contribution is 9.10. The molecular weight excluding hydrogens is 292 g/mol. The summed E-state index contributed by atoms with van der Waals surface area (Å²) in [5, 5.41) is 0. The van der Waals surface area contributed by atoms with Crippen molar-refractivity contribution in [1.29, 1.82) is 0 Å². The molecule has 1 heterocycles. The number of nitrogens with two attached hydrogens (primary N) is 1. The third kappa shape index (κ3) is 2.53. The van der Waals surface area contributed by atoms with E-state index in [1.807, 2.05) is 11.0 Å². The van der Waals surface area contributed by atoms with Gasteiger partial charge in [-0.25, -0.2) is 0 Å². The van der Waals surface area contributed by atoms with E-state index < -0.39 is 0 Å². The average Bonchev–Trinajstić information content (AvgIpc) is 2.77. The zero-order valence-electron chi connectivity index (χ0n) is 10.8. The number of hydrogen-bond donors (Lipinski definition) is 1. The van der Waals surface area contributed by atoms with E-state index in [9.17, 15) is 4.79 Å². The topological polar surface area (TPSA) is 46.3 Å². The fourth-order valence-corrected chi connectivity index (χ4v) is 3.00. The van der Waals surface area contributed by atoms with Crippen LogP contribution in [0.3, 0.4) is 0 Å². The smallest absolute Gasteiger partial charge is 0.256 e. The summed E-state index contributed by atoms with van der Waals surface area (Å²) in [5.74, 6) is 0.560. The molecule has 4 heteroatoms. The van der Waals surface area contributed by atoms with Crippen molar-refractivity contribution in [2.24, 2.45) is 5.92 Å². The molecule has 1 amide bonds. The molecule has 98 valence electrons. The number of likely N-dealkylation sites (tertiary alicyclic amines) is 1. The molecule has 2 N–H and O–H groups in total. The summed E-state index contributed by atoms with van der Waals surface area (Å²) >= 11 is 3.36. The lowest BCUT2D eigenvalue weighted by Gasteiger charge is -2.28. The van der Waals surface area contributed by atoms with Gasteiger partial charge in [0, 0.05) is 22.7 Å². The lowest BCUT2D eigenvalue weighted by Crippen LogP contribution is -2.38. The van der Waals surface area contributed by atoms with Gasteiger partial charge in [-0.05, 0) is 37.0 Å². The largest absolute Gasteiger partial charge is 0.398 e. The van der Waals surface area contributed by atoms with Crippen LogP contribution in [0.1, 0.15) is 37.0 Å². The highest BCUT2D eigenvalue weighted by atomic mass is 79.9. The Balaban J connectivity index is 2.25. The van der Waals surface area contributed by atoms with Crippen LogP contribution >= 0.6 is 15.9 Å². The van der Waals surface area contributed by atoms with Crippen LogP contribution in [0.15, 0.2) is 22.7 Å². The van der Waals surface area contributed by atoms with E-state index in [1.54, 1.807) is 12.1 Å². The standard InChI is InChI=1S/C14H19BrN2O/c1-9(2)13-4-3-7-17(13)14(18)11-6-5-10(15)8-12(11)16/h5-6,8-9,13H,3-4,7,16H2,1-2H3. The summed E-state index contributed by atoms with van der Waals surface area (Å²) in [6.07, 6.45) is 2.19. The SMILES string of the molecule is CC(C)C1CCCN1C(=O)c1ccc(Br)cc1N. The minimum Gasteiger partial charge on any atom is -0.398 e. The minimum atomic E-state index is 0.0659. The van der Waals surface area contributed by atoms with Crippen LogP contribution in [0.5, 0.6) is 0 Å². The normalized spacial score (nSPS) is 19.6. The van der Waals surface area contributed by atoms with Gasteiger partial charge < -0.3 is 10.6 Å². The first-order valence-corrected chi connectivity index (χ1v) is 7.16. The highest BCUT2D eigenvalue weighted by Gasteiger charge is 2.31. The molecule has 0 radical (unpaired) electrons. The highest BCUT2D eigenvalue weighted by Crippen LogP contribution is 2.28. The summed E-state index contributed by atoms with van der Waals surface area (Å²) < 4.78 is 0.901. The number of nitrogen functional groups attached to an aromatic ring is 1. The molecule has 1 aliphatic heterocycles. The molecule has 0 aliphatic carbocycles. The Labute approximate surface area is 116 Å². The fourth-order valence-electron chi connectivity index (χ4n) is 2.62. The second-order valence-corrected chi connectivity index (χ2v) is 6.10. The first kappa shape index (κ1) is 13.4. The first-order chi connectivity index (χ1) is 8.50. The number of benzene rings is 1. The fraction of sp³-hybridized carbons (Fsp3) is 0.500. The van der Waals surface area contributed by atoms with Gasteiger partial charge in [0.15, 0.2) is 0 Å². The summed E-state index contributed by atoms with van der Waals surface area (Å²) in [5.41, 5.74) is 7.10. The molecule has 1 aromatic rings. The van der Waals surface area contributed by atoms with Gasteiger partial charge in [-0.2, -0.15) is 0 Å². The number of carbonyl (C=O) groups is 1. The molecule has 1 fully saturated rings. The van der Waals surface area contributed by atoms with Gasteiger partial charge in [0.1, 0.15) is 0 Å². The zero-order valence-corrected chi connectivity index (χ0v) is 12.4. The predicted octanol–water partition coefficient (Wildman–Crippen LogP) is 3.29. The number of rotatable bonds is 2. The van der Waals surface area contributed by atoms with Gasteiger partial charge in [-0.15, -0.1) is 0 Å². The van der Waals surface area contributed by atoms with Crippen LogP contribution in [0.25, 0.3) is 0 Å². The van der Waals surface area contributed by atoms with E-state index in [4.69, 9.17) is 5.73 Å². The molecule has 0 saturated carbocycles. The van der Waals surface area contributed by atoms with Crippen LogP contribution in [0.2, 0.25) is 0 Å². The molecule has 1 aromatic carbocycles. The molecular formula is C14H19BrN2O. The number of nitrogens with zero attached hydrogens (tertiary/aromatic N) is 1. The monoisotopic (exact) mass is 310 g/mol. The molecule has 18 heavy (non-hydrogen) atoms. The summed E-state index contributed by atoms with van der Waals surface area (Å²) in [6.45, 7) is 5.18. The van der Waals surface area contributed by atoms with Crippen molar-refractivity contribution in [2.45, 2.75) is 32.7 Å². The number of amides is 1. The maximum absolute atomic E-state index is 12.5. The number of halogens is 1. The van der Waals surface area contributed by atoms with Crippen LogP contribution in [-0.2, 0) is 0 Å². The van der Waals surface area contributed by atoms with E-state index in [-0.39, 0.29) is 5.91 Å². The van der Waals surface area contributed by atoms with Crippen molar-refractivity contribution >= 4 is 27.5 Å². The Morgan fingerprint density at radius 2 is 2.22 bits per heavy atom. The Morgan fingerprint density at radius 3 is 2.83 bits per heavy atom. The van der Waals surface area contributed by atoms with Crippen molar-refractivity contribution in [1.82, 2.24) is 4.90 Å². The average molecular weight is 311 g/mol. The van der Waals surface area contributed by atoms with Gasteiger partial charge in [0.05, 0.1) is 5.56 Å². The Bertz CT molecular complexity index is 459. The maximum atomic E-state index is 12.5. The number of anilines is 1. The van der Waals surface area contributed by atoms with Crippen molar-refractivity contribution < 1.29 is 4.79 Å². The molecule has 1 saturated heterocycles. The van der Waals surface area contributed by atoms with E-state index in [0.717, 1.165) is 23.9 Å². The van der Waals surface area contributed by atoms with E-state index >= 15 is 0 Å². The molecule has 1 aliphatic rings. The lowest BCUT2D eigenvalue weighted by molar-refractivity contribution is 0.0702. The Morgan fingerprint density at radius 1 is 1.50 bits per heavy atom. The van der Waals surface area contributed by atoms with Gasteiger partial charge in [-0.1, -0.05) is 29.8 Å². The van der Waals surface area contributed by atoms with Gasteiger partial charge >= 0.3 is 0 Å². The van der Waals surface area contributed by atoms with Crippen LogP contribution in [-0.4, -0.2) is 23.4 Å². The van der Waals surface area contributed by atoms with Gasteiger partial charge in [-0.3, -0.25) is 4.79 Å². The first-order valence-electron chi connectivity index (χ1n) is 6.36. The molecule has 2 rings (SSSR count). The van der Waals surface area contributed by atoms with Crippen molar-refractivity contribution in [3.05, 3.63) is 28.2 Å². The van der Waals surface area contributed by atoms with Crippen LogP contribution < -0.4 is 5.73 Å². The predicted molar refractivity (Wildman–Crippen MR) is 77.5 cm³/mol.